The van der Waals surface area contributed by atoms with Crippen LogP contribution in [0.15, 0.2) is 33.9 Å². The first-order valence-electron chi connectivity index (χ1n) is 10.2. The molecule has 0 unspecified atom stereocenters. The molecule has 1 aliphatic rings. The average Bonchev–Trinajstić information content (AvgIpc) is 3.15. The van der Waals surface area contributed by atoms with E-state index in [1.54, 1.807) is 0 Å². The van der Waals surface area contributed by atoms with E-state index in [1.807, 2.05) is 19.9 Å². The fourth-order valence-corrected chi connectivity index (χ4v) is 3.28. The summed E-state index contributed by atoms with van der Waals surface area (Å²) in [6, 6.07) is 4.12. The third-order valence-electron chi connectivity index (χ3n) is 4.74. The van der Waals surface area contributed by atoms with Crippen molar-refractivity contribution in [3.8, 4) is 5.88 Å². The lowest BCUT2D eigenvalue weighted by molar-refractivity contribution is -0.139. The van der Waals surface area contributed by atoms with Crippen LogP contribution >= 0.6 is 24.0 Å². The van der Waals surface area contributed by atoms with Gasteiger partial charge >= 0.3 is 6.18 Å². The molecule has 1 aliphatic heterocycles. The molecule has 0 saturated carbocycles. The van der Waals surface area contributed by atoms with Gasteiger partial charge in [-0.3, -0.25) is 4.90 Å². The van der Waals surface area contributed by atoms with E-state index in [9.17, 15) is 13.2 Å². The Labute approximate surface area is 202 Å². The number of hydrogen-bond acceptors (Lipinski definition) is 6. The number of ether oxygens (including phenoxy) is 1. The summed E-state index contributed by atoms with van der Waals surface area (Å²) in [5.74, 6) is 1.09. The predicted octanol–water partition coefficient (Wildman–Crippen LogP) is 3.18. The Kier molecular flexibility index (Phi) is 10.0. The molecule has 8 nitrogen and oxygen atoms in total. The zero-order valence-electron chi connectivity index (χ0n) is 18.1. The molecule has 32 heavy (non-hydrogen) atoms. The number of aromatic nitrogens is 2. The molecule has 1 N–H and O–H groups in total. The summed E-state index contributed by atoms with van der Waals surface area (Å²) in [4.78, 5) is 12.6. The van der Waals surface area contributed by atoms with Gasteiger partial charge in [-0.2, -0.15) is 13.2 Å². The summed E-state index contributed by atoms with van der Waals surface area (Å²) < 4.78 is 49.4. The molecule has 1 saturated heterocycles. The number of hydrogen-bond donors (Lipinski definition) is 1. The Balaban J connectivity index is 0.00000363. The fraction of sp³-hybridized carbons (Fsp3) is 0.550. The van der Waals surface area contributed by atoms with Gasteiger partial charge in [-0.1, -0.05) is 5.16 Å². The van der Waals surface area contributed by atoms with Crippen LogP contribution in [-0.4, -0.2) is 71.8 Å². The summed E-state index contributed by atoms with van der Waals surface area (Å²) in [6.07, 6.45) is -3.23. The maximum atomic E-state index is 13.0. The molecule has 1 fully saturated rings. The van der Waals surface area contributed by atoms with Gasteiger partial charge < -0.3 is 19.5 Å². The molecule has 0 bridgehead atoms. The standard InChI is InChI=1S/C20H27F3N6O2.HI/c1-3-24-19(26-7-12-30-18-17(20(21,22)23)5-4-6-25-18)29-10-8-28(9-11-29)14-16-13-15(2)31-27-16;/h4-6,13H,3,7-12,14H2,1-2H3,(H,24,26);1H. The molecule has 2 aromatic rings. The highest BCUT2D eigenvalue weighted by Crippen LogP contribution is 2.34. The van der Waals surface area contributed by atoms with Gasteiger partial charge in [0.1, 0.15) is 17.9 Å². The van der Waals surface area contributed by atoms with Crippen LogP contribution in [0.2, 0.25) is 0 Å². The number of alkyl halides is 3. The van der Waals surface area contributed by atoms with Crippen LogP contribution in [0.25, 0.3) is 0 Å². The summed E-state index contributed by atoms with van der Waals surface area (Å²) >= 11 is 0. The minimum Gasteiger partial charge on any atom is -0.475 e. The van der Waals surface area contributed by atoms with Crippen molar-refractivity contribution in [3.63, 3.8) is 0 Å². The number of halogens is 4. The first kappa shape index (κ1) is 26.2. The van der Waals surface area contributed by atoms with Gasteiger partial charge in [0.05, 0.1) is 12.2 Å². The van der Waals surface area contributed by atoms with Crippen LogP contribution in [0.5, 0.6) is 5.88 Å². The van der Waals surface area contributed by atoms with Crippen LogP contribution in [0, 0.1) is 6.92 Å². The summed E-state index contributed by atoms with van der Waals surface area (Å²) in [6.45, 7) is 8.73. The molecule has 0 atom stereocenters. The zero-order valence-corrected chi connectivity index (χ0v) is 20.4. The largest absolute Gasteiger partial charge is 0.475 e. The van der Waals surface area contributed by atoms with E-state index < -0.39 is 17.6 Å². The molecule has 3 heterocycles. The van der Waals surface area contributed by atoms with E-state index in [4.69, 9.17) is 9.26 Å². The predicted molar refractivity (Wildman–Crippen MR) is 124 cm³/mol. The number of nitrogens with one attached hydrogen (secondary N) is 1. The second-order valence-corrected chi connectivity index (χ2v) is 7.13. The number of aryl methyl sites for hydroxylation is 1. The molecule has 0 amide bonds. The Morgan fingerprint density at radius 1 is 1.28 bits per heavy atom. The molecule has 0 radical (unpaired) electrons. The molecular formula is C20H28F3IN6O2. The van der Waals surface area contributed by atoms with E-state index in [1.165, 1.54) is 12.3 Å². The second-order valence-electron chi connectivity index (χ2n) is 7.13. The lowest BCUT2D eigenvalue weighted by Crippen LogP contribution is -2.52. The minimum atomic E-state index is -4.51. The molecule has 12 heteroatoms. The number of guanidine groups is 1. The summed E-state index contributed by atoms with van der Waals surface area (Å²) in [5.41, 5.74) is 0.0285. The number of pyridine rings is 1. The minimum absolute atomic E-state index is 0. The van der Waals surface area contributed by atoms with Gasteiger partial charge in [0.15, 0.2) is 5.96 Å². The van der Waals surface area contributed by atoms with Crippen LogP contribution in [0.1, 0.15) is 23.9 Å². The van der Waals surface area contributed by atoms with Gasteiger partial charge in [0, 0.05) is 51.5 Å². The van der Waals surface area contributed by atoms with Gasteiger partial charge in [0.25, 0.3) is 0 Å². The number of aliphatic imine (C=N–C) groups is 1. The number of rotatable bonds is 7. The molecule has 0 spiro atoms. The topological polar surface area (TPSA) is 79.0 Å². The van der Waals surface area contributed by atoms with Gasteiger partial charge in [-0.05, 0) is 26.0 Å². The molecule has 0 aromatic carbocycles. The Hall–Kier alpha value is -2.09. The monoisotopic (exact) mass is 568 g/mol. The van der Waals surface area contributed by atoms with Crippen molar-refractivity contribution < 1.29 is 22.4 Å². The SMILES string of the molecule is CCNC(=NCCOc1ncccc1C(F)(F)F)N1CCN(Cc2cc(C)on2)CC1.I. The van der Waals surface area contributed by atoms with Crippen LogP contribution in [0.3, 0.4) is 0 Å². The Morgan fingerprint density at radius 3 is 2.66 bits per heavy atom. The van der Waals surface area contributed by atoms with E-state index in [-0.39, 0.29) is 37.1 Å². The van der Waals surface area contributed by atoms with Crippen molar-refractivity contribution in [2.24, 2.45) is 4.99 Å². The molecule has 178 valence electrons. The van der Waals surface area contributed by atoms with Crippen molar-refractivity contribution in [1.82, 2.24) is 25.3 Å². The van der Waals surface area contributed by atoms with Crippen molar-refractivity contribution in [2.75, 3.05) is 45.9 Å². The summed E-state index contributed by atoms with van der Waals surface area (Å²) in [7, 11) is 0. The first-order valence-corrected chi connectivity index (χ1v) is 10.2. The molecule has 3 rings (SSSR count). The van der Waals surface area contributed by atoms with Gasteiger partial charge in [-0.15, -0.1) is 24.0 Å². The van der Waals surface area contributed by atoms with Crippen molar-refractivity contribution in [1.29, 1.82) is 0 Å². The highest BCUT2D eigenvalue weighted by molar-refractivity contribution is 14.0. The maximum absolute atomic E-state index is 13.0. The molecule has 0 aliphatic carbocycles. The number of piperazine rings is 1. The van der Waals surface area contributed by atoms with E-state index in [0.717, 1.165) is 56.2 Å². The van der Waals surface area contributed by atoms with Crippen molar-refractivity contribution in [2.45, 2.75) is 26.6 Å². The Morgan fingerprint density at radius 2 is 2.03 bits per heavy atom. The first-order chi connectivity index (χ1) is 14.9. The average molecular weight is 568 g/mol. The smallest absolute Gasteiger partial charge is 0.421 e. The quantitative estimate of drug-likeness (QED) is 0.238. The van der Waals surface area contributed by atoms with E-state index >= 15 is 0 Å². The second kappa shape index (κ2) is 12.2. The fourth-order valence-electron chi connectivity index (χ4n) is 3.28. The third-order valence-corrected chi connectivity index (χ3v) is 4.74. The number of nitrogens with zero attached hydrogens (tertiary/aromatic N) is 5. The van der Waals surface area contributed by atoms with Crippen LogP contribution < -0.4 is 10.1 Å². The third kappa shape index (κ3) is 7.50. The van der Waals surface area contributed by atoms with Crippen LogP contribution in [0.4, 0.5) is 13.2 Å². The zero-order chi connectivity index (χ0) is 22.3. The van der Waals surface area contributed by atoms with Crippen molar-refractivity contribution in [3.05, 3.63) is 41.4 Å². The van der Waals surface area contributed by atoms with Gasteiger partial charge in [0.2, 0.25) is 5.88 Å². The van der Waals surface area contributed by atoms with Crippen molar-refractivity contribution >= 4 is 29.9 Å². The highest BCUT2D eigenvalue weighted by Gasteiger charge is 2.35. The maximum Gasteiger partial charge on any atom is 0.421 e. The van der Waals surface area contributed by atoms with E-state index in [2.05, 4.69) is 30.2 Å². The molecule has 2 aromatic heterocycles. The normalized spacial score (nSPS) is 15.4. The molecular weight excluding hydrogens is 540 g/mol. The Bertz CT molecular complexity index is 869. The summed E-state index contributed by atoms with van der Waals surface area (Å²) in [5, 5.41) is 7.27. The van der Waals surface area contributed by atoms with Gasteiger partial charge in [-0.25, -0.2) is 9.98 Å². The highest BCUT2D eigenvalue weighted by atomic mass is 127. The lowest BCUT2D eigenvalue weighted by atomic mass is 10.2. The van der Waals surface area contributed by atoms with E-state index in [0.29, 0.717) is 6.54 Å². The van der Waals surface area contributed by atoms with Crippen LogP contribution in [-0.2, 0) is 12.7 Å². The lowest BCUT2D eigenvalue weighted by Gasteiger charge is -2.36.